The highest BCUT2D eigenvalue weighted by atomic mass is 35.5. The Hall–Kier alpha value is -3.35. The van der Waals surface area contributed by atoms with Gasteiger partial charge in [0.1, 0.15) is 11.5 Å². The highest BCUT2D eigenvalue weighted by Crippen LogP contribution is 2.35. The highest BCUT2D eigenvalue weighted by molar-refractivity contribution is 6.36. The van der Waals surface area contributed by atoms with E-state index in [1.54, 1.807) is 30.3 Å². The largest absolute Gasteiger partial charge is 0.457 e. The molecule has 6 nitrogen and oxygen atoms in total. The average molecular weight is 476 g/mol. The Morgan fingerprint density at radius 1 is 1.24 bits per heavy atom. The fourth-order valence-corrected chi connectivity index (χ4v) is 4.87. The van der Waals surface area contributed by atoms with Gasteiger partial charge in [0.05, 0.1) is 5.57 Å². The zero-order chi connectivity index (χ0) is 23.7. The molecule has 3 aromatic rings. The van der Waals surface area contributed by atoms with Crippen molar-refractivity contribution in [1.29, 1.82) is 0 Å². The molecule has 1 unspecified atom stereocenters. The second-order valence-electron chi connectivity index (χ2n) is 8.62. The van der Waals surface area contributed by atoms with Gasteiger partial charge in [0, 0.05) is 40.0 Å². The SMILES string of the molecule is CCN1CCCC1CNC(=O)c1cccc(-c2ccc(/C=C3/C(=O)Nc4ccc(Cl)cc43)o2)c1. The van der Waals surface area contributed by atoms with E-state index in [0.717, 1.165) is 36.3 Å². The number of nitrogens with zero attached hydrogens (tertiary/aromatic N) is 1. The number of halogens is 1. The lowest BCUT2D eigenvalue weighted by molar-refractivity contribution is -0.110. The zero-order valence-corrected chi connectivity index (χ0v) is 19.7. The van der Waals surface area contributed by atoms with E-state index in [0.29, 0.717) is 40.3 Å². The van der Waals surface area contributed by atoms with E-state index >= 15 is 0 Å². The molecule has 34 heavy (non-hydrogen) atoms. The van der Waals surface area contributed by atoms with Crippen LogP contribution >= 0.6 is 11.6 Å². The number of carbonyl (C=O) groups is 2. The van der Waals surface area contributed by atoms with Gasteiger partial charge in [0.25, 0.3) is 11.8 Å². The lowest BCUT2D eigenvalue weighted by Crippen LogP contribution is -2.40. The predicted octanol–water partition coefficient (Wildman–Crippen LogP) is 5.31. The standard InChI is InChI=1S/C27H26ClN3O3/c1-2-31-12-4-7-20(31)16-29-26(32)18-6-3-5-17(13-18)25-11-9-21(34-25)15-23-22-14-19(28)8-10-24(22)30-27(23)33/h3,5-6,8-11,13-15,20H,2,4,7,12,16H2,1H3,(H,29,32)(H,30,33)/b23-15+. The number of fused-ring (bicyclic) bond motifs is 1. The van der Waals surface area contributed by atoms with E-state index in [1.165, 1.54) is 6.42 Å². The maximum Gasteiger partial charge on any atom is 0.256 e. The van der Waals surface area contributed by atoms with E-state index in [-0.39, 0.29) is 11.8 Å². The topological polar surface area (TPSA) is 74.6 Å². The Kier molecular flexibility index (Phi) is 6.26. The van der Waals surface area contributed by atoms with E-state index in [2.05, 4.69) is 22.5 Å². The summed E-state index contributed by atoms with van der Waals surface area (Å²) in [6.45, 7) is 4.92. The highest BCUT2D eigenvalue weighted by Gasteiger charge is 2.25. The number of hydrogen-bond donors (Lipinski definition) is 2. The number of likely N-dealkylation sites (N-methyl/N-ethyl adjacent to an activating group) is 1. The fourth-order valence-electron chi connectivity index (χ4n) is 4.70. The van der Waals surface area contributed by atoms with Crippen molar-refractivity contribution in [3.05, 3.63) is 76.5 Å². The van der Waals surface area contributed by atoms with Gasteiger partial charge in [-0.1, -0.05) is 30.7 Å². The molecule has 1 fully saturated rings. The average Bonchev–Trinajstić information content (AvgIpc) is 3.57. The van der Waals surface area contributed by atoms with Gasteiger partial charge in [-0.05, 0) is 74.5 Å². The number of furan rings is 1. The number of rotatable bonds is 6. The van der Waals surface area contributed by atoms with Crippen molar-refractivity contribution in [2.75, 3.05) is 25.0 Å². The summed E-state index contributed by atoms with van der Waals surface area (Å²) in [6.07, 6.45) is 4.01. The third kappa shape index (κ3) is 4.52. The molecule has 0 radical (unpaired) electrons. The molecule has 0 spiro atoms. The van der Waals surface area contributed by atoms with Crippen molar-refractivity contribution in [3.8, 4) is 11.3 Å². The van der Waals surface area contributed by atoms with Gasteiger partial charge < -0.3 is 15.1 Å². The summed E-state index contributed by atoms with van der Waals surface area (Å²) in [5.41, 5.74) is 3.37. The molecular formula is C27H26ClN3O3. The minimum atomic E-state index is -0.196. The normalized spacial score (nSPS) is 18.8. The van der Waals surface area contributed by atoms with Crippen LogP contribution < -0.4 is 10.6 Å². The molecule has 2 N–H and O–H groups in total. The van der Waals surface area contributed by atoms with E-state index in [1.807, 2.05) is 30.3 Å². The first-order valence-corrected chi connectivity index (χ1v) is 11.9. The summed E-state index contributed by atoms with van der Waals surface area (Å²) in [6, 6.07) is 16.7. The maximum absolute atomic E-state index is 12.8. The molecule has 0 saturated carbocycles. The third-order valence-electron chi connectivity index (χ3n) is 6.49. The van der Waals surface area contributed by atoms with Crippen LogP contribution in [0.2, 0.25) is 5.02 Å². The van der Waals surface area contributed by atoms with Crippen molar-refractivity contribution in [1.82, 2.24) is 10.2 Å². The van der Waals surface area contributed by atoms with Crippen LogP contribution in [0, 0.1) is 0 Å². The Bertz CT molecular complexity index is 1280. The number of nitrogens with one attached hydrogen (secondary N) is 2. The Labute approximate surface area is 203 Å². The van der Waals surface area contributed by atoms with Gasteiger partial charge in [0.2, 0.25) is 0 Å². The summed E-state index contributed by atoms with van der Waals surface area (Å²) in [7, 11) is 0. The molecule has 1 aromatic heterocycles. The lowest BCUT2D eigenvalue weighted by Gasteiger charge is -2.22. The minimum absolute atomic E-state index is 0.0881. The Morgan fingerprint density at radius 3 is 2.97 bits per heavy atom. The van der Waals surface area contributed by atoms with Crippen LogP contribution in [-0.4, -0.2) is 42.4 Å². The minimum Gasteiger partial charge on any atom is -0.457 e. The Balaban J connectivity index is 1.32. The van der Waals surface area contributed by atoms with Crippen LogP contribution in [0.15, 0.2) is 59.0 Å². The molecule has 0 bridgehead atoms. The molecule has 2 aliphatic rings. The monoisotopic (exact) mass is 475 g/mol. The smallest absolute Gasteiger partial charge is 0.256 e. The molecule has 3 heterocycles. The molecule has 1 atom stereocenters. The quantitative estimate of drug-likeness (QED) is 0.474. The Morgan fingerprint density at radius 2 is 2.12 bits per heavy atom. The predicted molar refractivity (Wildman–Crippen MR) is 135 cm³/mol. The summed E-state index contributed by atoms with van der Waals surface area (Å²) in [4.78, 5) is 27.6. The molecule has 174 valence electrons. The number of anilines is 1. The number of benzene rings is 2. The summed E-state index contributed by atoms with van der Waals surface area (Å²) < 4.78 is 6.00. The summed E-state index contributed by atoms with van der Waals surface area (Å²) >= 11 is 6.11. The first-order valence-electron chi connectivity index (χ1n) is 11.6. The molecule has 5 rings (SSSR count). The van der Waals surface area contributed by atoms with Gasteiger partial charge in [-0.25, -0.2) is 0 Å². The second-order valence-corrected chi connectivity index (χ2v) is 9.06. The van der Waals surface area contributed by atoms with Crippen LogP contribution in [0.3, 0.4) is 0 Å². The molecule has 7 heteroatoms. The lowest BCUT2D eigenvalue weighted by atomic mass is 10.1. The van der Waals surface area contributed by atoms with Crippen LogP contribution in [0.1, 0.15) is 41.4 Å². The van der Waals surface area contributed by atoms with Gasteiger partial charge in [-0.2, -0.15) is 0 Å². The molecule has 1 saturated heterocycles. The first-order chi connectivity index (χ1) is 16.5. The van der Waals surface area contributed by atoms with Crippen molar-refractivity contribution < 1.29 is 14.0 Å². The van der Waals surface area contributed by atoms with Gasteiger partial charge in [-0.15, -0.1) is 0 Å². The fraction of sp³-hybridized carbons (Fsp3) is 0.259. The summed E-state index contributed by atoms with van der Waals surface area (Å²) in [5, 5.41) is 6.48. The molecule has 0 aliphatic carbocycles. The van der Waals surface area contributed by atoms with E-state index in [9.17, 15) is 9.59 Å². The number of amides is 2. The van der Waals surface area contributed by atoms with Crippen molar-refractivity contribution in [2.45, 2.75) is 25.8 Å². The van der Waals surface area contributed by atoms with Gasteiger partial charge in [-0.3, -0.25) is 14.5 Å². The van der Waals surface area contributed by atoms with Crippen LogP contribution in [-0.2, 0) is 4.79 Å². The van der Waals surface area contributed by atoms with Gasteiger partial charge in [0.15, 0.2) is 0 Å². The van der Waals surface area contributed by atoms with Crippen LogP contribution in [0.5, 0.6) is 0 Å². The number of likely N-dealkylation sites (tertiary alicyclic amines) is 1. The zero-order valence-electron chi connectivity index (χ0n) is 18.9. The second kappa shape index (κ2) is 9.49. The number of carbonyl (C=O) groups excluding carboxylic acids is 2. The van der Waals surface area contributed by atoms with Gasteiger partial charge >= 0.3 is 0 Å². The van der Waals surface area contributed by atoms with E-state index < -0.39 is 0 Å². The van der Waals surface area contributed by atoms with Crippen molar-refractivity contribution in [3.63, 3.8) is 0 Å². The first kappa shape index (κ1) is 22.4. The molecule has 2 amide bonds. The van der Waals surface area contributed by atoms with Crippen molar-refractivity contribution in [2.24, 2.45) is 0 Å². The maximum atomic E-state index is 12.8. The van der Waals surface area contributed by atoms with Crippen LogP contribution in [0.4, 0.5) is 5.69 Å². The van der Waals surface area contributed by atoms with Crippen molar-refractivity contribution >= 4 is 40.8 Å². The molecule has 2 aromatic carbocycles. The number of hydrogen-bond acceptors (Lipinski definition) is 4. The van der Waals surface area contributed by atoms with Crippen LogP contribution in [0.25, 0.3) is 23.0 Å². The summed E-state index contributed by atoms with van der Waals surface area (Å²) in [5.74, 6) is 0.885. The third-order valence-corrected chi connectivity index (χ3v) is 6.73. The molecule has 2 aliphatic heterocycles. The van der Waals surface area contributed by atoms with E-state index in [4.69, 9.17) is 16.0 Å². The molecular weight excluding hydrogens is 450 g/mol.